The van der Waals surface area contributed by atoms with E-state index in [0.717, 1.165) is 11.3 Å². The minimum Gasteiger partial charge on any atom is -0.396 e. The average molecular weight is 241 g/mol. The Bertz CT molecular complexity index is 409. The Hall–Kier alpha value is -1.10. The van der Waals surface area contributed by atoms with Gasteiger partial charge in [0.15, 0.2) is 0 Å². The molecule has 1 unspecified atom stereocenters. The van der Waals surface area contributed by atoms with Crippen LogP contribution in [0.5, 0.6) is 0 Å². The molecule has 1 amide bonds. The maximum Gasteiger partial charge on any atom is 0.246 e. The van der Waals surface area contributed by atoms with E-state index in [1.165, 1.54) is 0 Å². The molecule has 1 aromatic carbocycles. The summed E-state index contributed by atoms with van der Waals surface area (Å²) >= 11 is 6.06. The first-order valence-corrected chi connectivity index (χ1v) is 5.55. The summed E-state index contributed by atoms with van der Waals surface area (Å²) in [5, 5.41) is 15.1. The standard InChI is InChI=1S/C11H13ClN2O2/c12-7-3-1-4-8-9(7)10(11(16)14-8)13-5-2-6-15/h1,3-4,10,13,15H,2,5-6H2,(H,14,16). The van der Waals surface area contributed by atoms with Gasteiger partial charge in [-0.2, -0.15) is 0 Å². The van der Waals surface area contributed by atoms with Gasteiger partial charge in [-0.15, -0.1) is 0 Å². The van der Waals surface area contributed by atoms with Crippen LogP contribution >= 0.6 is 11.6 Å². The molecule has 1 aliphatic rings. The largest absolute Gasteiger partial charge is 0.396 e. The lowest BCUT2D eigenvalue weighted by molar-refractivity contribution is -0.117. The molecule has 2 rings (SSSR count). The number of fused-ring (bicyclic) bond motifs is 1. The van der Waals surface area contributed by atoms with Crippen LogP contribution in [0.15, 0.2) is 18.2 Å². The number of aliphatic hydroxyl groups is 1. The average Bonchev–Trinajstić information content (AvgIpc) is 2.57. The van der Waals surface area contributed by atoms with Crippen LogP contribution in [0.25, 0.3) is 0 Å². The van der Waals surface area contributed by atoms with E-state index in [0.29, 0.717) is 18.0 Å². The highest BCUT2D eigenvalue weighted by Crippen LogP contribution is 2.35. The van der Waals surface area contributed by atoms with E-state index in [1.807, 2.05) is 6.07 Å². The second kappa shape index (κ2) is 4.82. The van der Waals surface area contributed by atoms with Crippen LogP contribution in [0.2, 0.25) is 5.02 Å². The van der Waals surface area contributed by atoms with Crippen LogP contribution in [0.1, 0.15) is 18.0 Å². The summed E-state index contributed by atoms with van der Waals surface area (Å²) in [5.74, 6) is -0.0963. The quantitative estimate of drug-likeness (QED) is 0.696. The Morgan fingerprint density at radius 1 is 1.50 bits per heavy atom. The van der Waals surface area contributed by atoms with E-state index in [9.17, 15) is 4.79 Å². The van der Waals surface area contributed by atoms with Crippen LogP contribution in [0.4, 0.5) is 5.69 Å². The molecule has 0 aliphatic carbocycles. The first-order valence-electron chi connectivity index (χ1n) is 5.17. The highest BCUT2D eigenvalue weighted by atomic mass is 35.5. The summed E-state index contributed by atoms with van der Waals surface area (Å²) < 4.78 is 0. The van der Waals surface area contributed by atoms with Crippen LogP contribution in [0.3, 0.4) is 0 Å². The molecule has 0 saturated heterocycles. The van der Waals surface area contributed by atoms with Gasteiger partial charge in [-0.05, 0) is 25.1 Å². The zero-order valence-corrected chi connectivity index (χ0v) is 9.42. The normalized spacial score (nSPS) is 18.4. The summed E-state index contributed by atoms with van der Waals surface area (Å²) in [5.41, 5.74) is 1.56. The lowest BCUT2D eigenvalue weighted by atomic mass is 10.1. The first-order chi connectivity index (χ1) is 7.74. The number of nitrogens with one attached hydrogen (secondary N) is 2. The van der Waals surface area contributed by atoms with E-state index >= 15 is 0 Å². The number of benzene rings is 1. The highest BCUT2D eigenvalue weighted by molar-refractivity contribution is 6.32. The molecule has 0 radical (unpaired) electrons. The van der Waals surface area contributed by atoms with Crippen molar-refractivity contribution in [2.24, 2.45) is 0 Å². The third-order valence-electron chi connectivity index (χ3n) is 2.55. The van der Waals surface area contributed by atoms with Crippen LogP contribution in [-0.2, 0) is 4.79 Å². The summed E-state index contributed by atoms with van der Waals surface area (Å²) in [6, 6.07) is 4.99. The maximum atomic E-state index is 11.7. The van der Waals surface area contributed by atoms with Gasteiger partial charge in [0.25, 0.3) is 0 Å². The Balaban J connectivity index is 2.18. The molecule has 1 aromatic rings. The van der Waals surface area contributed by atoms with Gasteiger partial charge in [0, 0.05) is 22.9 Å². The molecule has 0 saturated carbocycles. The first kappa shape index (κ1) is 11.4. The van der Waals surface area contributed by atoms with Crippen molar-refractivity contribution in [1.82, 2.24) is 5.32 Å². The van der Waals surface area contributed by atoms with Gasteiger partial charge in [0.1, 0.15) is 6.04 Å². The van der Waals surface area contributed by atoms with Gasteiger partial charge in [-0.1, -0.05) is 17.7 Å². The fourth-order valence-corrected chi connectivity index (χ4v) is 2.08. The fraction of sp³-hybridized carbons (Fsp3) is 0.364. The van der Waals surface area contributed by atoms with Crippen molar-refractivity contribution in [3.05, 3.63) is 28.8 Å². The van der Waals surface area contributed by atoms with Crippen molar-refractivity contribution in [1.29, 1.82) is 0 Å². The molecule has 0 spiro atoms. The SMILES string of the molecule is O=C1Nc2cccc(Cl)c2C1NCCCO. The number of halogens is 1. The smallest absolute Gasteiger partial charge is 0.246 e. The lowest BCUT2D eigenvalue weighted by Crippen LogP contribution is -2.28. The molecule has 0 fully saturated rings. The van der Waals surface area contributed by atoms with Crippen molar-refractivity contribution < 1.29 is 9.90 Å². The van der Waals surface area contributed by atoms with E-state index in [4.69, 9.17) is 16.7 Å². The van der Waals surface area contributed by atoms with E-state index in [1.54, 1.807) is 12.1 Å². The van der Waals surface area contributed by atoms with Gasteiger partial charge < -0.3 is 15.7 Å². The number of anilines is 1. The molecular weight excluding hydrogens is 228 g/mol. The number of hydrogen-bond acceptors (Lipinski definition) is 3. The Labute approximate surface area is 98.6 Å². The van der Waals surface area contributed by atoms with Crippen molar-refractivity contribution in [2.75, 3.05) is 18.5 Å². The predicted molar refractivity (Wildman–Crippen MR) is 62.5 cm³/mol. The summed E-state index contributed by atoms with van der Waals surface area (Å²) in [4.78, 5) is 11.7. The number of carbonyl (C=O) groups excluding carboxylic acids is 1. The molecule has 0 bridgehead atoms. The van der Waals surface area contributed by atoms with E-state index in [2.05, 4.69) is 10.6 Å². The Kier molecular flexibility index (Phi) is 3.43. The second-order valence-electron chi connectivity index (χ2n) is 3.65. The van der Waals surface area contributed by atoms with Crippen LogP contribution < -0.4 is 10.6 Å². The molecule has 3 N–H and O–H groups in total. The van der Waals surface area contributed by atoms with Gasteiger partial charge >= 0.3 is 0 Å². The third kappa shape index (κ3) is 2.04. The summed E-state index contributed by atoms with van der Waals surface area (Å²) in [6.07, 6.45) is 0.615. The molecule has 1 atom stereocenters. The zero-order valence-electron chi connectivity index (χ0n) is 8.66. The van der Waals surface area contributed by atoms with Crippen LogP contribution in [-0.4, -0.2) is 24.2 Å². The number of amides is 1. The molecule has 86 valence electrons. The van der Waals surface area contributed by atoms with Crippen molar-refractivity contribution >= 4 is 23.2 Å². The molecule has 16 heavy (non-hydrogen) atoms. The Morgan fingerprint density at radius 2 is 2.31 bits per heavy atom. The molecule has 1 aliphatic heterocycles. The van der Waals surface area contributed by atoms with Gasteiger partial charge in [0.2, 0.25) is 5.91 Å². The number of carbonyl (C=O) groups is 1. The van der Waals surface area contributed by atoms with Gasteiger partial charge in [-0.25, -0.2) is 0 Å². The minimum atomic E-state index is -0.407. The summed E-state index contributed by atoms with van der Waals surface area (Å²) in [6.45, 7) is 0.690. The van der Waals surface area contributed by atoms with Crippen molar-refractivity contribution in [3.63, 3.8) is 0 Å². The molecular formula is C11H13ClN2O2. The molecule has 4 nitrogen and oxygen atoms in total. The fourth-order valence-electron chi connectivity index (χ4n) is 1.80. The molecule has 5 heteroatoms. The van der Waals surface area contributed by atoms with E-state index < -0.39 is 6.04 Å². The second-order valence-corrected chi connectivity index (χ2v) is 4.06. The maximum absolute atomic E-state index is 11.7. The number of rotatable bonds is 4. The minimum absolute atomic E-state index is 0.0963. The van der Waals surface area contributed by atoms with E-state index in [-0.39, 0.29) is 12.5 Å². The predicted octanol–water partition coefficient (Wildman–Crippen LogP) is 1.31. The number of hydrogen-bond donors (Lipinski definition) is 3. The van der Waals surface area contributed by atoms with Crippen LogP contribution in [0, 0.1) is 0 Å². The number of aliphatic hydroxyl groups excluding tert-OH is 1. The highest BCUT2D eigenvalue weighted by Gasteiger charge is 2.31. The molecule has 1 heterocycles. The van der Waals surface area contributed by atoms with Gasteiger partial charge in [0.05, 0.1) is 0 Å². The van der Waals surface area contributed by atoms with Crippen molar-refractivity contribution in [2.45, 2.75) is 12.5 Å². The third-order valence-corrected chi connectivity index (χ3v) is 2.87. The van der Waals surface area contributed by atoms with Gasteiger partial charge in [-0.3, -0.25) is 4.79 Å². The van der Waals surface area contributed by atoms with Crippen molar-refractivity contribution in [3.8, 4) is 0 Å². The lowest BCUT2D eigenvalue weighted by Gasteiger charge is -2.11. The Morgan fingerprint density at radius 3 is 3.06 bits per heavy atom. The monoisotopic (exact) mass is 240 g/mol. The summed E-state index contributed by atoms with van der Waals surface area (Å²) in [7, 11) is 0. The zero-order chi connectivity index (χ0) is 11.5. The topological polar surface area (TPSA) is 61.4 Å². The molecule has 0 aromatic heterocycles.